The Bertz CT molecular complexity index is 1770. The van der Waals surface area contributed by atoms with Gasteiger partial charge in [0, 0.05) is 18.4 Å². The molecular weight excluding hydrogens is 538 g/mol. The second-order valence-electron chi connectivity index (χ2n) is 10.5. The van der Waals surface area contributed by atoms with Crippen LogP contribution in [0.2, 0.25) is 0 Å². The molecule has 0 spiro atoms. The summed E-state index contributed by atoms with van der Waals surface area (Å²) in [4.78, 5) is 8.89. The minimum atomic E-state index is -3.57. The Kier molecular flexibility index (Phi) is 8.00. The van der Waals surface area contributed by atoms with Crippen molar-refractivity contribution in [1.82, 2.24) is 14.7 Å². The summed E-state index contributed by atoms with van der Waals surface area (Å²) < 4.78 is 28.6. The highest BCUT2D eigenvalue weighted by Crippen LogP contribution is 2.43. The average Bonchev–Trinajstić information content (AvgIpc) is 3.51. The minimum Gasteiger partial charge on any atom is -0.345 e. The van der Waals surface area contributed by atoms with Gasteiger partial charge in [-0.3, -0.25) is 0 Å². The molecule has 0 amide bonds. The molecule has 1 aromatic heterocycles. The summed E-state index contributed by atoms with van der Waals surface area (Å²) >= 11 is 0. The predicted octanol–water partition coefficient (Wildman–Crippen LogP) is 7.25. The first-order chi connectivity index (χ1) is 20.6. The molecule has 0 saturated carbocycles. The van der Waals surface area contributed by atoms with Crippen molar-refractivity contribution < 1.29 is 8.42 Å². The normalized spacial score (nSPS) is 12.0. The zero-order valence-corrected chi connectivity index (χ0v) is 24.1. The number of nitrogens with one attached hydrogen (secondary N) is 2. The molecule has 1 heterocycles. The van der Waals surface area contributed by atoms with Gasteiger partial charge in [0.1, 0.15) is 11.2 Å². The molecule has 6 rings (SSSR count). The first-order valence-corrected chi connectivity index (χ1v) is 15.7. The number of benzene rings is 5. The third-order valence-electron chi connectivity index (χ3n) is 7.80. The number of sulfonamides is 1. The van der Waals surface area contributed by atoms with Gasteiger partial charge in [-0.05, 0) is 58.9 Å². The number of H-pyrrole nitrogens is 1. The maximum atomic E-state index is 12.9. The number of aromatic nitrogens is 2. The Hall–Kier alpha value is -4.52. The summed E-state index contributed by atoms with van der Waals surface area (Å²) in [5.74, 6) is 0.859. The van der Waals surface area contributed by atoms with Crippen LogP contribution >= 0.6 is 0 Å². The molecule has 0 fully saturated rings. The van der Waals surface area contributed by atoms with E-state index in [1.54, 1.807) is 12.1 Å². The van der Waals surface area contributed by atoms with E-state index < -0.39 is 15.4 Å². The molecule has 0 aliphatic carbocycles. The van der Waals surface area contributed by atoms with Crippen molar-refractivity contribution in [1.29, 1.82) is 0 Å². The number of rotatable bonds is 11. The standard InChI is InChI=1S/C36H33N3O2S/c40-42(41,34-24-23-28-14-10-11-15-29(28)26-34)38-25-13-12-22-33-27-37-35(39-33)36(30-16-4-1-5-17-30,31-18-6-2-7-19-31)32-20-8-3-9-21-32/h1-11,14-21,23-24,26-27,38H,12-13,22,25H2,(H,37,39). The Morgan fingerprint density at radius 1 is 0.643 bits per heavy atom. The number of unbranched alkanes of at least 4 members (excludes halogenated alkanes) is 1. The highest BCUT2D eigenvalue weighted by Gasteiger charge is 2.40. The third kappa shape index (κ3) is 5.51. The van der Waals surface area contributed by atoms with Gasteiger partial charge in [-0.25, -0.2) is 18.1 Å². The van der Waals surface area contributed by atoms with E-state index in [-0.39, 0.29) is 0 Å². The lowest BCUT2D eigenvalue weighted by Crippen LogP contribution is -2.32. The predicted molar refractivity (Wildman–Crippen MR) is 169 cm³/mol. The highest BCUT2D eigenvalue weighted by molar-refractivity contribution is 7.89. The van der Waals surface area contributed by atoms with E-state index in [0.29, 0.717) is 17.9 Å². The number of aromatic amines is 1. The maximum absolute atomic E-state index is 12.9. The van der Waals surface area contributed by atoms with E-state index in [1.807, 2.05) is 54.7 Å². The van der Waals surface area contributed by atoms with Crippen LogP contribution in [0.5, 0.6) is 0 Å². The van der Waals surface area contributed by atoms with Crippen LogP contribution < -0.4 is 4.72 Å². The lowest BCUT2D eigenvalue weighted by atomic mass is 9.69. The van der Waals surface area contributed by atoms with E-state index >= 15 is 0 Å². The third-order valence-corrected chi connectivity index (χ3v) is 9.26. The smallest absolute Gasteiger partial charge is 0.240 e. The van der Waals surface area contributed by atoms with Gasteiger partial charge in [0.05, 0.1) is 4.90 Å². The van der Waals surface area contributed by atoms with Crippen LogP contribution in [0.1, 0.15) is 41.1 Å². The Labute approximate surface area is 247 Å². The monoisotopic (exact) mass is 571 g/mol. The van der Waals surface area contributed by atoms with E-state index in [9.17, 15) is 8.42 Å². The van der Waals surface area contributed by atoms with Crippen LogP contribution in [-0.4, -0.2) is 24.9 Å². The van der Waals surface area contributed by atoms with Crippen molar-refractivity contribution in [3.63, 3.8) is 0 Å². The molecule has 0 bridgehead atoms. The number of imidazole rings is 1. The van der Waals surface area contributed by atoms with E-state index in [0.717, 1.165) is 51.8 Å². The minimum absolute atomic E-state index is 0.290. The van der Waals surface area contributed by atoms with Gasteiger partial charge in [0.25, 0.3) is 0 Å². The molecule has 0 radical (unpaired) electrons. The number of fused-ring (bicyclic) bond motifs is 1. The van der Waals surface area contributed by atoms with Crippen molar-refractivity contribution >= 4 is 20.8 Å². The fraction of sp³-hybridized carbons (Fsp3) is 0.139. The first kappa shape index (κ1) is 27.6. The van der Waals surface area contributed by atoms with Gasteiger partial charge >= 0.3 is 0 Å². The summed E-state index contributed by atoms with van der Waals surface area (Å²) in [6.07, 6.45) is 4.20. The maximum Gasteiger partial charge on any atom is 0.240 e. The quantitative estimate of drug-likeness (QED) is 0.127. The number of nitrogens with zero attached hydrogens (tertiary/aromatic N) is 1. The van der Waals surface area contributed by atoms with E-state index in [2.05, 4.69) is 82.5 Å². The van der Waals surface area contributed by atoms with Crippen LogP contribution in [0.15, 0.2) is 145 Å². The second kappa shape index (κ2) is 12.1. The lowest BCUT2D eigenvalue weighted by molar-refractivity contribution is 0.576. The van der Waals surface area contributed by atoms with Crippen molar-refractivity contribution in [3.05, 3.63) is 168 Å². The van der Waals surface area contributed by atoms with Crippen LogP contribution in [0.25, 0.3) is 10.8 Å². The zero-order valence-electron chi connectivity index (χ0n) is 23.3. The SMILES string of the molecule is O=S(=O)(NCCCCc1cnc(C(c2ccccc2)(c2ccccc2)c2ccccc2)[nH]1)c1ccc2ccccc2c1. The van der Waals surface area contributed by atoms with Gasteiger partial charge < -0.3 is 4.98 Å². The van der Waals surface area contributed by atoms with Crippen molar-refractivity contribution in [2.75, 3.05) is 6.54 Å². The Balaban J connectivity index is 1.19. The van der Waals surface area contributed by atoms with E-state index in [1.165, 1.54) is 0 Å². The van der Waals surface area contributed by atoms with Crippen LogP contribution in [0.4, 0.5) is 0 Å². The van der Waals surface area contributed by atoms with Gasteiger partial charge in [0.15, 0.2) is 0 Å². The molecular formula is C36H33N3O2S. The second-order valence-corrected chi connectivity index (χ2v) is 12.2. The van der Waals surface area contributed by atoms with E-state index in [4.69, 9.17) is 4.98 Å². The fourth-order valence-corrected chi connectivity index (χ4v) is 6.83. The van der Waals surface area contributed by atoms with Crippen LogP contribution in [0.3, 0.4) is 0 Å². The Morgan fingerprint density at radius 3 is 1.79 bits per heavy atom. The van der Waals surface area contributed by atoms with Crippen molar-refractivity contribution in [2.24, 2.45) is 0 Å². The first-order valence-electron chi connectivity index (χ1n) is 14.3. The molecule has 0 aliphatic rings. The lowest BCUT2D eigenvalue weighted by Gasteiger charge is -2.34. The van der Waals surface area contributed by atoms with Gasteiger partial charge in [-0.15, -0.1) is 0 Å². The van der Waals surface area contributed by atoms with Crippen LogP contribution in [-0.2, 0) is 21.9 Å². The summed E-state index contributed by atoms with van der Waals surface area (Å²) in [5.41, 5.74) is 3.80. The molecule has 0 unspecified atom stereocenters. The topological polar surface area (TPSA) is 74.8 Å². The molecule has 42 heavy (non-hydrogen) atoms. The average molecular weight is 572 g/mol. The van der Waals surface area contributed by atoms with Gasteiger partial charge in [0.2, 0.25) is 10.0 Å². The van der Waals surface area contributed by atoms with Gasteiger partial charge in [-0.2, -0.15) is 0 Å². The van der Waals surface area contributed by atoms with Gasteiger partial charge in [-0.1, -0.05) is 121 Å². The zero-order chi connectivity index (χ0) is 28.8. The number of aryl methyl sites for hydroxylation is 1. The molecule has 2 N–H and O–H groups in total. The molecule has 0 saturated heterocycles. The molecule has 210 valence electrons. The summed E-state index contributed by atoms with van der Waals surface area (Å²) in [7, 11) is -3.57. The van der Waals surface area contributed by atoms with Crippen molar-refractivity contribution in [2.45, 2.75) is 29.6 Å². The number of hydrogen-bond acceptors (Lipinski definition) is 3. The fourth-order valence-electron chi connectivity index (χ4n) is 5.72. The summed E-state index contributed by atoms with van der Waals surface area (Å²) in [6, 6.07) is 44.4. The summed E-state index contributed by atoms with van der Waals surface area (Å²) in [6.45, 7) is 0.373. The summed E-state index contributed by atoms with van der Waals surface area (Å²) in [5, 5.41) is 1.93. The molecule has 5 aromatic carbocycles. The molecule has 6 heteroatoms. The highest BCUT2D eigenvalue weighted by atomic mass is 32.2. The largest absolute Gasteiger partial charge is 0.345 e. The van der Waals surface area contributed by atoms with Crippen molar-refractivity contribution in [3.8, 4) is 0 Å². The Morgan fingerprint density at radius 2 is 1.19 bits per heavy atom. The molecule has 0 aliphatic heterocycles. The van der Waals surface area contributed by atoms with Crippen LogP contribution in [0, 0.1) is 0 Å². The molecule has 5 nitrogen and oxygen atoms in total. The molecule has 0 atom stereocenters. The molecule has 6 aromatic rings. The number of hydrogen-bond donors (Lipinski definition) is 2.